The maximum absolute atomic E-state index is 12.7. The Balaban J connectivity index is 3.05. The lowest BCUT2D eigenvalue weighted by Gasteiger charge is -2.34. The number of hydrogen-bond acceptors (Lipinski definition) is 7. The van der Waals surface area contributed by atoms with E-state index in [2.05, 4.69) is 18.8 Å². The lowest BCUT2D eigenvalue weighted by molar-refractivity contribution is -0.148. The fourth-order valence-electron chi connectivity index (χ4n) is 2.90. The molecule has 0 bridgehead atoms. The van der Waals surface area contributed by atoms with Crippen molar-refractivity contribution < 1.29 is 23.9 Å². The van der Waals surface area contributed by atoms with Crippen LogP contribution < -0.4 is 0 Å². The molecule has 1 rings (SSSR count). The van der Waals surface area contributed by atoms with Crippen LogP contribution in [0.3, 0.4) is 0 Å². The first kappa shape index (κ1) is 24.1. The molecule has 158 valence electrons. The van der Waals surface area contributed by atoms with Gasteiger partial charge in [0.25, 0.3) is 0 Å². The molecular weight excluding hydrogens is 380 g/mol. The van der Waals surface area contributed by atoms with Crippen LogP contribution in [0.5, 0.6) is 0 Å². The monoisotopic (exact) mass is 412 g/mol. The molecule has 28 heavy (non-hydrogen) atoms. The molecule has 1 heterocycles. The Labute approximate surface area is 171 Å². The van der Waals surface area contributed by atoms with E-state index in [4.69, 9.17) is 9.47 Å². The van der Waals surface area contributed by atoms with Gasteiger partial charge in [-0.1, -0.05) is 34.1 Å². The maximum Gasteiger partial charge on any atom is 0.357 e. The van der Waals surface area contributed by atoms with Gasteiger partial charge < -0.3 is 14.4 Å². The number of thiazole rings is 1. The van der Waals surface area contributed by atoms with Gasteiger partial charge in [-0.15, -0.1) is 11.3 Å². The van der Waals surface area contributed by atoms with Crippen LogP contribution in [0.4, 0.5) is 0 Å². The Morgan fingerprint density at radius 1 is 1.25 bits per heavy atom. The van der Waals surface area contributed by atoms with Gasteiger partial charge in [0.15, 0.2) is 11.8 Å². The molecule has 0 fully saturated rings. The zero-order valence-electron chi connectivity index (χ0n) is 17.9. The van der Waals surface area contributed by atoms with Crippen LogP contribution in [0, 0.1) is 11.8 Å². The van der Waals surface area contributed by atoms with Gasteiger partial charge in [-0.25, -0.2) is 9.78 Å². The van der Waals surface area contributed by atoms with E-state index in [0.29, 0.717) is 23.8 Å². The predicted octanol–water partition coefficient (Wildman–Crippen LogP) is 3.84. The fourth-order valence-corrected chi connectivity index (χ4v) is 3.73. The molecule has 3 atom stereocenters. The third-order valence-electron chi connectivity index (χ3n) is 4.84. The zero-order valence-corrected chi connectivity index (χ0v) is 18.7. The van der Waals surface area contributed by atoms with E-state index in [9.17, 15) is 14.4 Å². The lowest BCUT2D eigenvalue weighted by atomic mass is 9.95. The van der Waals surface area contributed by atoms with Gasteiger partial charge >= 0.3 is 11.9 Å². The second-order valence-electron chi connectivity index (χ2n) is 7.43. The summed E-state index contributed by atoms with van der Waals surface area (Å²) in [5, 5.41) is 2.10. The fraction of sp³-hybridized carbons (Fsp3) is 0.700. The molecule has 1 aromatic rings. The van der Waals surface area contributed by atoms with E-state index in [1.54, 1.807) is 17.3 Å². The van der Waals surface area contributed by atoms with Crippen molar-refractivity contribution in [2.24, 2.45) is 11.8 Å². The van der Waals surface area contributed by atoms with Crippen LogP contribution in [0.2, 0.25) is 0 Å². The lowest BCUT2D eigenvalue weighted by Crippen LogP contribution is -2.42. The number of esters is 2. The number of amides is 1. The molecular formula is C20H32N2O5S. The van der Waals surface area contributed by atoms with Crippen LogP contribution in [0.15, 0.2) is 5.38 Å². The Morgan fingerprint density at radius 2 is 1.89 bits per heavy atom. The van der Waals surface area contributed by atoms with E-state index < -0.39 is 18.0 Å². The van der Waals surface area contributed by atoms with E-state index >= 15 is 0 Å². The second-order valence-corrected chi connectivity index (χ2v) is 8.32. The molecule has 0 N–H and O–H groups in total. The van der Waals surface area contributed by atoms with Crippen molar-refractivity contribution in [2.75, 3.05) is 14.2 Å². The SMILES string of the molecule is CC[C@H](C)CC(=O)N(C)C(C[C@@H](OC(C)=O)c1nc(C(=O)OC)cs1)C(C)C. The largest absolute Gasteiger partial charge is 0.464 e. The zero-order chi connectivity index (χ0) is 21.4. The molecule has 0 saturated carbocycles. The number of rotatable bonds is 10. The summed E-state index contributed by atoms with van der Waals surface area (Å²) in [7, 11) is 3.08. The first-order chi connectivity index (χ1) is 13.1. The molecule has 8 heteroatoms. The minimum Gasteiger partial charge on any atom is -0.464 e. The van der Waals surface area contributed by atoms with Gasteiger partial charge in [-0.2, -0.15) is 0 Å². The molecule has 0 aliphatic carbocycles. The molecule has 0 aliphatic heterocycles. The van der Waals surface area contributed by atoms with Crippen LogP contribution in [-0.2, 0) is 19.1 Å². The topological polar surface area (TPSA) is 85.8 Å². The second kappa shape index (κ2) is 11.1. The first-order valence-corrected chi connectivity index (χ1v) is 10.4. The standard InChI is InChI=1S/C20H32N2O5S/c1-8-13(4)9-18(24)22(6)16(12(2)3)10-17(27-14(5)23)19-21-15(11-28-19)20(25)26-7/h11-13,16-17H,8-10H2,1-7H3/t13-,16?,17+/m0/s1. The van der Waals surface area contributed by atoms with Gasteiger partial charge in [-0.05, 0) is 11.8 Å². The van der Waals surface area contributed by atoms with Crippen molar-refractivity contribution >= 4 is 29.2 Å². The summed E-state index contributed by atoms with van der Waals surface area (Å²) in [6.45, 7) is 9.52. The van der Waals surface area contributed by atoms with Gasteiger partial charge in [0.2, 0.25) is 5.91 Å². The van der Waals surface area contributed by atoms with Gasteiger partial charge in [-0.3, -0.25) is 9.59 Å². The van der Waals surface area contributed by atoms with Gasteiger partial charge in [0, 0.05) is 38.2 Å². The summed E-state index contributed by atoms with van der Waals surface area (Å²) < 4.78 is 10.2. The van der Waals surface area contributed by atoms with Crippen molar-refractivity contribution in [3.05, 3.63) is 16.1 Å². The van der Waals surface area contributed by atoms with Crippen LogP contribution in [0.1, 0.15) is 75.5 Å². The van der Waals surface area contributed by atoms with Crippen LogP contribution in [0.25, 0.3) is 0 Å². The van der Waals surface area contributed by atoms with E-state index in [-0.39, 0.29) is 23.6 Å². The average Bonchev–Trinajstić information content (AvgIpc) is 3.13. The number of methoxy groups -OCH3 is 1. The summed E-state index contributed by atoms with van der Waals surface area (Å²) in [5.41, 5.74) is 0.182. The molecule has 0 saturated heterocycles. The third-order valence-corrected chi connectivity index (χ3v) is 5.77. The smallest absolute Gasteiger partial charge is 0.357 e. The van der Waals surface area contributed by atoms with Gasteiger partial charge in [0.05, 0.1) is 7.11 Å². The summed E-state index contributed by atoms with van der Waals surface area (Å²) >= 11 is 1.24. The summed E-state index contributed by atoms with van der Waals surface area (Å²) in [6, 6.07) is -0.133. The highest BCUT2D eigenvalue weighted by Gasteiger charge is 2.31. The van der Waals surface area contributed by atoms with Crippen molar-refractivity contribution in [3.8, 4) is 0 Å². The quantitative estimate of drug-likeness (QED) is 0.543. The van der Waals surface area contributed by atoms with Crippen molar-refractivity contribution in [1.29, 1.82) is 0 Å². The maximum atomic E-state index is 12.7. The molecule has 0 aromatic carbocycles. The van der Waals surface area contributed by atoms with Gasteiger partial charge in [0.1, 0.15) is 5.01 Å². The van der Waals surface area contributed by atoms with E-state index in [1.807, 2.05) is 13.8 Å². The minimum absolute atomic E-state index is 0.0732. The Hall–Kier alpha value is -1.96. The molecule has 0 spiro atoms. The minimum atomic E-state index is -0.632. The molecule has 7 nitrogen and oxygen atoms in total. The highest BCUT2D eigenvalue weighted by Crippen LogP contribution is 2.30. The van der Waals surface area contributed by atoms with E-state index in [0.717, 1.165) is 6.42 Å². The Morgan fingerprint density at radius 3 is 2.39 bits per heavy atom. The van der Waals surface area contributed by atoms with Crippen molar-refractivity contribution in [2.45, 2.75) is 66.0 Å². The summed E-state index contributed by atoms with van der Waals surface area (Å²) in [5.74, 6) is -0.428. The normalized spacial score (nSPS) is 14.3. The van der Waals surface area contributed by atoms with Crippen LogP contribution in [-0.4, -0.2) is 47.9 Å². The van der Waals surface area contributed by atoms with Crippen LogP contribution >= 0.6 is 11.3 Å². The number of nitrogens with zero attached hydrogens (tertiary/aromatic N) is 2. The summed E-state index contributed by atoms with van der Waals surface area (Å²) in [4.78, 5) is 42.0. The molecule has 1 unspecified atom stereocenters. The highest BCUT2D eigenvalue weighted by molar-refractivity contribution is 7.09. The number of hydrogen-bond donors (Lipinski definition) is 0. The average molecular weight is 413 g/mol. The molecule has 1 amide bonds. The van der Waals surface area contributed by atoms with E-state index in [1.165, 1.54) is 25.4 Å². The van der Waals surface area contributed by atoms with Crippen molar-refractivity contribution in [3.63, 3.8) is 0 Å². The Kier molecular flexibility index (Phi) is 9.58. The highest BCUT2D eigenvalue weighted by atomic mass is 32.1. The molecule has 0 aliphatic rings. The predicted molar refractivity (Wildman–Crippen MR) is 108 cm³/mol. The number of carbonyl (C=O) groups is 3. The number of ether oxygens (including phenoxy) is 2. The number of aromatic nitrogens is 1. The third kappa shape index (κ3) is 6.89. The van der Waals surface area contributed by atoms with Crippen molar-refractivity contribution in [1.82, 2.24) is 9.88 Å². The summed E-state index contributed by atoms with van der Waals surface area (Å²) in [6.07, 6.45) is 1.20. The molecule has 0 radical (unpaired) electrons. The number of carbonyl (C=O) groups excluding carboxylic acids is 3. The first-order valence-electron chi connectivity index (χ1n) is 9.57. The Bertz CT molecular complexity index is 673. The molecule has 1 aromatic heterocycles.